The lowest BCUT2D eigenvalue weighted by molar-refractivity contribution is 0.160. The molecular formula is C14H25ClN4O. The third kappa shape index (κ3) is 3.71. The zero-order chi connectivity index (χ0) is 13.1. The lowest BCUT2D eigenvalue weighted by Crippen LogP contribution is -2.49. The molecule has 2 fully saturated rings. The van der Waals surface area contributed by atoms with Gasteiger partial charge in [-0.15, -0.1) is 12.4 Å². The fourth-order valence-electron chi connectivity index (χ4n) is 3.15. The van der Waals surface area contributed by atoms with E-state index in [0.717, 1.165) is 37.9 Å². The molecule has 1 aromatic rings. The molecule has 0 aromatic carbocycles. The van der Waals surface area contributed by atoms with Crippen LogP contribution in [0.5, 0.6) is 0 Å². The first-order valence-corrected chi connectivity index (χ1v) is 7.60. The van der Waals surface area contributed by atoms with E-state index in [1.165, 1.54) is 32.1 Å². The van der Waals surface area contributed by atoms with Crippen molar-refractivity contribution in [2.24, 2.45) is 0 Å². The number of nitrogens with one attached hydrogen (secondary N) is 1. The number of nitrogens with zero attached hydrogens (tertiary/aromatic N) is 3. The topological polar surface area (TPSA) is 54.2 Å². The molecule has 0 radical (unpaired) electrons. The molecule has 0 unspecified atom stereocenters. The molecule has 1 saturated heterocycles. The monoisotopic (exact) mass is 300 g/mol. The highest BCUT2D eigenvalue weighted by atomic mass is 35.5. The van der Waals surface area contributed by atoms with E-state index >= 15 is 0 Å². The van der Waals surface area contributed by atoms with Crippen LogP contribution >= 0.6 is 12.4 Å². The van der Waals surface area contributed by atoms with Crippen molar-refractivity contribution in [3.63, 3.8) is 0 Å². The minimum Gasteiger partial charge on any atom is -0.339 e. The average Bonchev–Trinajstić information content (AvgIpc) is 2.91. The van der Waals surface area contributed by atoms with Crippen molar-refractivity contribution >= 4 is 12.4 Å². The summed E-state index contributed by atoms with van der Waals surface area (Å²) >= 11 is 0. The van der Waals surface area contributed by atoms with Gasteiger partial charge in [-0.05, 0) is 19.8 Å². The van der Waals surface area contributed by atoms with E-state index in [9.17, 15) is 0 Å². The Morgan fingerprint density at radius 1 is 1.30 bits per heavy atom. The van der Waals surface area contributed by atoms with Gasteiger partial charge in [0.1, 0.15) is 0 Å². The molecule has 6 heteroatoms. The maximum atomic E-state index is 5.48. The van der Waals surface area contributed by atoms with Gasteiger partial charge in [0.2, 0.25) is 5.89 Å². The van der Waals surface area contributed by atoms with E-state index < -0.39 is 0 Å². The van der Waals surface area contributed by atoms with Gasteiger partial charge in [-0.3, -0.25) is 4.90 Å². The first-order chi connectivity index (χ1) is 9.33. The van der Waals surface area contributed by atoms with E-state index in [2.05, 4.69) is 27.3 Å². The number of hydrogen-bond donors (Lipinski definition) is 1. The van der Waals surface area contributed by atoms with E-state index in [1.54, 1.807) is 0 Å². The summed E-state index contributed by atoms with van der Waals surface area (Å²) in [4.78, 5) is 7.05. The van der Waals surface area contributed by atoms with Crippen molar-refractivity contribution in [1.29, 1.82) is 0 Å². The molecule has 5 nitrogen and oxygen atoms in total. The molecule has 1 atom stereocenters. The van der Waals surface area contributed by atoms with Crippen LogP contribution in [-0.4, -0.2) is 40.7 Å². The molecule has 0 amide bonds. The molecule has 0 bridgehead atoms. The van der Waals surface area contributed by atoms with Crippen LogP contribution in [0.15, 0.2) is 4.52 Å². The van der Waals surface area contributed by atoms with Gasteiger partial charge in [0, 0.05) is 31.6 Å². The first-order valence-electron chi connectivity index (χ1n) is 7.60. The fraction of sp³-hybridized carbons (Fsp3) is 0.857. The number of hydrogen-bond acceptors (Lipinski definition) is 5. The summed E-state index contributed by atoms with van der Waals surface area (Å²) in [5, 5.41) is 7.57. The Morgan fingerprint density at radius 2 is 2.10 bits per heavy atom. The fourth-order valence-corrected chi connectivity index (χ4v) is 3.15. The van der Waals surface area contributed by atoms with Crippen LogP contribution in [0.1, 0.15) is 56.7 Å². The van der Waals surface area contributed by atoms with E-state index in [4.69, 9.17) is 4.52 Å². The Morgan fingerprint density at radius 3 is 2.85 bits per heavy atom. The highest BCUT2D eigenvalue weighted by Crippen LogP contribution is 2.31. The summed E-state index contributed by atoms with van der Waals surface area (Å²) in [5.74, 6) is 2.24. The molecule has 3 rings (SSSR count). The number of halogens is 1. The zero-order valence-corrected chi connectivity index (χ0v) is 13.0. The second-order valence-electron chi connectivity index (χ2n) is 5.91. The SMILES string of the molecule is C[C@@H]1CNCCN1Cc1noc(C2CCCCC2)n1.Cl. The van der Waals surface area contributed by atoms with Gasteiger partial charge in [0.05, 0.1) is 6.54 Å². The Labute approximate surface area is 126 Å². The van der Waals surface area contributed by atoms with Crippen molar-refractivity contribution in [2.75, 3.05) is 19.6 Å². The third-order valence-electron chi connectivity index (χ3n) is 4.42. The second kappa shape index (κ2) is 7.38. The zero-order valence-electron chi connectivity index (χ0n) is 12.2. The largest absolute Gasteiger partial charge is 0.339 e. The van der Waals surface area contributed by atoms with Gasteiger partial charge in [-0.25, -0.2) is 0 Å². The highest BCUT2D eigenvalue weighted by molar-refractivity contribution is 5.85. The highest BCUT2D eigenvalue weighted by Gasteiger charge is 2.24. The maximum Gasteiger partial charge on any atom is 0.229 e. The molecule has 1 aliphatic carbocycles. The van der Waals surface area contributed by atoms with Crippen LogP contribution in [0.25, 0.3) is 0 Å². The number of rotatable bonds is 3. The summed E-state index contributed by atoms with van der Waals surface area (Å²) in [5.41, 5.74) is 0. The predicted molar refractivity (Wildman–Crippen MR) is 80.1 cm³/mol. The number of piperazine rings is 1. The summed E-state index contributed by atoms with van der Waals surface area (Å²) in [6, 6.07) is 0.547. The Kier molecular flexibility index (Phi) is 5.81. The average molecular weight is 301 g/mol. The first kappa shape index (κ1) is 15.7. The number of aromatic nitrogens is 2. The Hall–Kier alpha value is -0.650. The van der Waals surface area contributed by atoms with Crippen molar-refractivity contribution in [3.05, 3.63) is 11.7 Å². The molecule has 1 aromatic heterocycles. The van der Waals surface area contributed by atoms with Crippen LogP contribution < -0.4 is 5.32 Å². The van der Waals surface area contributed by atoms with E-state index in [0.29, 0.717) is 12.0 Å². The molecule has 1 aliphatic heterocycles. The van der Waals surface area contributed by atoms with Crippen molar-refractivity contribution < 1.29 is 4.52 Å². The molecule has 2 aliphatic rings. The molecule has 114 valence electrons. The third-order valence-corrected chi connectivity index (χ3v) is 4.42. The van der Waals surface area contributed by atoms with Gasteiger partial charge in [0.25, 0.3) is 0 Å². The van der Waals surface area contributed by atoms with Crippen molar-refractivity contribution in [3.8, 4) is 0 Å². The van der Waals surface area contributed by atoms with Gasteiger partial charge in [0.15, 0.2) is 5.82 Å². The smallest absolute Gasteiger partial charge is 0.229 e. The van der Waals surface area contributed by atoms with Crippen molar-refractivity contribution in [1.82, 2.24) is 20.4 Å². The van der Waals surface area contributed by atoms with E-state index in [-0.39, 0.29) is 12.4 Å². The molecule has 20 heavy (non-hydrogen) atoms. The maximum absolute atomic E-state index is 5.48. The summed E-state index contributed by atoms with van der Waals surface area (Å²) < 4.78 is 5.48. The normalized spacial score (nSPS) is 25.4. The summed E-state index contributed by atoms with van der Waals surface area (Å²) in [7, 11) is 0. The summed E-state index contributed by atoms with van der Waals surface area (Å²) in [6.07, 6.45) is 6.39. The molecule has 0 spiro atoms. The lowest BCUT2D eigenvalue weighted by Gasteiger charge is -2.32. The summed E-state index contributed by atoms with van der Waals surface area (Å²) in [6.45, 7) is 6.23. The molecule has 1 saturated carbocycles. The van der Waals surface area contributed by atoms with E-state index in [1.807, 2.05) is 0 Å². The standard InChI is InChI=1S/C14H24N4O.ClH/c1-11-9-15-7-8-18(11)10-13-16-14(19-17-13)12-5-3-2-4-6-12;/h11-12,15H,2-10H2,1H3;1H/t11-;/m1./s1. The van der Waals surface area contributed by atoms with Crippen LogP contribution in [0.3, 0.4) is 0 Å². The van der Waals surface area contributed by atoms with Gasteiger partial charge in [-0.2, -0.15) is 4.98 Å². The van der Waals surface area contributed by atoms with Crippen LogP contribution in [0.2, 0.25) is 0 Å². The lowest BCUT2D eigenvalue weighted by atomic mass is 9.89. The second-order valence-corrected chi connectivity index (χ2v) is 5.91. The van der Waals surface area contributed by atoms with Gasteiger partial charge < -0.3 is 9.84 Å². The van der Waals surface area contributed by atoms with Gasteiger partial charge in [-0.1, -0.05) is 24.4 Å². The minimum absolute atomic E-state index is 0. The van der Waals surface area contributed by atoms with Crippen LogP contribution in [0, 0.1) is 0 Å². The van der Waals surface area contributed by atoms with Crippen molar-refractivity contribution in [2.45, 2.75) is 57.5 Å². The van der Waals surface area contributed by atoms with Crippen LogP contribution in [0.4, 0.5) is 0 Å². The van der Waals surface area contributed by atoms with Gasteiger partial charge >= 0.3 is 0 Å². The Balaban J connectivity index is 0.00000147. The van der Waals surface area contributed by atoms with Crippen LogP contribution in [-0.2, 0) is 6.54 Å². The predicted octanol–water partition coefficient (Wildman–Crippen LogP) is 2.33. The Bertz CT molecular complexity index is 406. The molecule has 1 N–H and O–H groups in total. The molecule has 2 heterocycles. The minimum atomic E-state index is 0. The molecular weight excluding hydrogens is 276 g/mol. The quantitative estimate of drug-likeness (QED) is 0.928.